The van der Waals surface area contributed by atoms with Crippen molar-refractivity contribution in [3.05, 3.63) is 30.1 Å². The van der Waals surface area contributed by atoms with Crippen molar-refractivity contribution < 1.29 is 0 Å². The van der Waals surface area contributed by atoms with Gasteiger partial charge in [-0.2, -0.15) is 0 Å². The lowest BCUT2D eigenvalue weighted by atomic mass is 9.82. The fourth-order valence-electron chi connectivity index (χ4n) is 1.39. The molecular weight excluding hydrogens is 202 g/mol. The molecule has 1 aromatic rings. The van der Waals surface area contributed by atoms with E-state index in [1.54, 1.807) is 0 Å². The van der Waals surface area contributed by atoms with E-state index in [1.807, 2.05) is 12.3 Å². The van der Waals surface area contributed by atoms with Crippen LogP contribution in [0.2, 0.25) is 0 Å². The summed E-state index contributed by atoms with van der Waals surface area (Å²) >= 11 is 3.62. The van der Waals surface area contributed by atoms with Crippen LogP contribution < -0.4 is 0 Å². The van der Waals surface area contributed by atoms with Gasteiger partial charge in [0.25, 0.3) is 0 Å². The Labute approximate surface area is 75.0 Å². The lowest BCUT2D eigenvalue weighted by Gasteiger charge is -2.31. The van der Waals surface area contributed by atoms with Gasteiger partial charge in [0, 0.05) is 22.6 Å². The normalized spacial score (nSPS) is 29.5. The number of aromatic nitrogens is 1. The summed E-state index contributed by atoms with van der Waals surface area (Å²) in [5.74, 6) is 0.663. The smallest absolute Gasteiger partial charge is 0.0445 e. The van der Waals surface area contributed by atoms with Crippen molar-refractivity contribution in [3.8, 4) is 0 Å². The van der Waals surface area contributed by atoms with Crippen LogP contribution >= 0.6 is 15.9 Å². The quantitative estimate of drug-likeness (QED) is 0.652. The van der Waals surface area contributed by atoms with E-state index >= 15 is 0 Å². The molecule has 2 rings (SSSR count). The number of hydrogen-bond donors (Lipinski definition) is 0. The van der Waals surface area contributed by atoms with Gasteiger partial charge in [-0.3, -0.25) is 4.98 Å². The molecule has 1 aliphatic carbocycles. The van der Waals surface area contributed by atoms with Crippen LogP contribution in [0, 0.1) is 0 Å². The highest BCUT2D eigenvalue weighted by atomic mass is 79.9. The van der Waals surface area contributed by atoms with Gasteiger partial charge in [-0.1, -0.05) is 22.0 Å². The lowest BCUT2D eigenvalue weighted by molar-refractivity contribution is 0.435. The standard InChI is InChI=1S/C9H10BrN/c10-8-5-4-7(8)9-3-1-2-6-11-9/h1-3,6-8H,4-5H2. The van der Waals surface area contributed by atoms with Crippen LogP contribution in [-0.4, -0.2) is 9.81 Å². The van der Waals surface area contributed by atoms with Gasteiger partial charge in [-0.25, -0.2) is 0 Å². The van der Waals surface area contributed by atoms with Gasteiger partial charge in [-0.05, 0) is 25.0 Å². The molecule has 0 N–H and O–H groups in total. The molecule has 2 unspecified atom stereocenters. The zero-order valence-corrected chi connectivity index (χ0v) is 7.79. The maximum Gasteiger partial charge on any atom is 0.0445 e. The van der Waals surface area contributed by atoms with E-state index in [9.17, 15) is 0 Å². The molecule has 0 radical (unpaired) electrons. The molecule has 11 heavy (non-hydrogen) atoms. The molecule has 1 aromatic heterocycles. The summed E-state index contributed by atoms with van der Waals surface area (Å²) in [4.78, 5) is 4.99. The first kappa shape index (κ1) is 7.29. The number of rotatable bonds is 1. The first-order chi connectivity index (χ1) is 5.38. The summed E-state index contributed by atoms with van der Waals surface area (Å²) < 4.78 is 0. The van der Waals surface area contributed by atoms with Crippen LogP contribution in [0.4, 0.5) is 0 Å². The summed E-state index contributed by atoms with van der Waals surface area (Å²) in [6, 6.07) is 6.13. The zero-order valence-electron chi connectivity index (χ0n) is 6.20. The van der Waals surface area contributed by atoms with Crippen molar-refractivity contribution in [2.24, 2.45) is 0 Å². The first-order valence-electron chi connectivity index (χ1n) is 3.93. The van der Waals surface area contributed by atoms with Crippen LogP contribution in [0.5, 0.6) is 0 Å². The molecule has 58 valence electrons. The second-order valence-electron chi connectivity index (χ2n) is 2.95. The summed E-state index contributed by atoms with van der Waals surface area (Å²) in [5, 5.41) is 0. The van der Waals surface area contributed by atoms with Gasteiger partial charge in [0.05, 0.1) is 0 Å². The molecule has 0 aliphatic heterocycles. The molecule has 2 heteroatoms. The van der Waals surface area contributed by atoms with Crippen LogP contribution in [0.1, 0.15) is 24.5 Å². The van der Waals surface area contributed by atoms with E-state index in [0.717, 1.165) is 0 Å². The van der Waals surface area contributed by atoms with E-state index in [2.05, 4.69) is 33.0 Å². The van der Waals surface area contributed by atoms with Crippen molar-refractivity contribution in [1.82, 2.24) is 4.98 Å². The molecule has 1 saturated carbocycles. The number of halogens is 1. The second kappa shape index (κ2) is 2.94. The third-order valence-electron chi connectivity index (χ3n) is 2.26. The van der Waals surface area contributed by atoms with Gasteiger partial charge >= 0.3 is 0 Å². The minimum Gasteiger partial charge on any atom is -0.261 e. The van der Waals surface area contributed by atoms with Crippen molar-refractivity contribution >= 4 is 15.9 Å². The SMILES string of the molecule is BrC1CCC1c1ccccn1. The van der Waals surface area contributed by atoms with Crippen molar-refractivity contribution in [2.75, 3.05) is 0 Å². The van der Waals surface area contributed by atoms with Gasteiger partial charge in [-0.15, -0.1) is 0 Å². The highest BCUT2D eigenvalue weighted by Crippen LogP contribution is 2.40. The Bertz CT molecular complexity index is 235. The number of nitrogens with zero attached hydrogens (tertiary/aromatic N) is 1. The van der Waals surface area contributed by atoms with Gasteiger partial charge in [0.2, 0.25) is 0 Å². The molecule has 0 saturated heterocycles. The summed E-state index contributed by atoms with van der Waals surface area (Å²) in [5.41, 5.74) is 1.24. The van der Waals surface area contributed by atoms with E-state index in [-0.39, 0.29) is 0 Å². The average molecular weight is 212 g/mol. The minimum absolute atomic E-state index is 0.663. The Morgan fingerprint density at radius 2 is 2.27 bits per heavy atom. The van der Waals surface area contributed by atoms with Crippen LogP contribution in [0.3, 0.4) is 0 Å². The monoisotopic (exact) mass is 211 g/mol. The first-order valence-corrected chi connectivity index (χ1v) is 4.84. The Balaban J connectivity index is 2.17. The van der Waals surface area contributed by atoms with Crippen LogP contribution in [0.25, 0.3) is 0 Å². The third kappa shape index (κ3) is 1.32. The van der Waals surface area contributed by atoms with Crippen LogP contribution in [-0.2, 0) is 0 Å². The lowest BCUT2D eigenvalue weighted by Crippen LogP contribution is -2.24. The fraction of sp³-hybridized carbons (Fsp3) is 0.444. The van der Waals surface area contributed by atoms with Gasteiger partial charge in [0.15, 0.2) is 0 Å². The van der Waals surface area contributed by atoms with E-state index < -0.39 is 0 Å². The number of hydrogen-bond acceptors (Lipinski definition) is 1. The molecular formula is C9H10BrN. The summed E-state index contributed by atoms with van der Waals surface area (Å²) in [7, 11) is 0. The average Bonchev–Trinajstić information content (AvgIpc) is 2.04. The molecule has 1 fully saturated rings. The molecule has 0 spiro atoms. The maximum atomic E-state index is 4.32. The fourth-order valence-corrected chi connectivity index (χ4v) is 2.19. The molecule has 0 amide bonds. The largest absolute Gasteiger partial charge is 0.261 e. The molecule has 1 heterocycles. The molecule has 1 nitrogen and oxygen atoms in total. The highest BCUT2D eigenvalue weighted by Gasteiger charge is 2.30. The van der Waals surface area contributed by atoms with Crippen molar-refractivity contribution in [3.63, 3.8) is 0 Å². The Hall–Kier alpha value is -0.370. The predicted molar refractivity (Wildman–Crippen MR) is 48.9 cm³/mol. The van der Waals surface area contributed by atoms with Gasteiger partial charge < -0.3 is 0 Å². The van der Waals surface area contributed by atoms with Crippen molar-refractivity contribution in [1.29, 1.82) is 0 Å². The molecule has 0 aromatic carbocycles. The maximum absolute atomic E-state index is 4.32. The second-order valence-corrected chi connectivity index (χ2v) is 4.13. The van der Waals surface area contributed by atoms with Crippen molar-refractivity contribution in [2.45, 2.75) is 23.6 Å². The van der Waals surface area contributed by atoms with Crippen LogP contribution in [0.15, 0.2) is 24.4 Å². The Morgan fingerprint density at radius 3 is 2.73 bits per heavy atom. The molecule has 0 bridgehead atoms. The van der Waals surface area contributed by atoms with Gasteiger partial charge in [0.1, 0.15) is 0 Å². The van der Waals surface area contributed by atoms with E-state index in [0.29, 0.717) is 10.7 Å². The number of alkyl halides is 1. The van der Waals surface area contributed by atoms with E-state index in [4.69, 9.17) is 0 Å². The highest BCUT2D eigenvalue weighted by molar-refractivity contribution is 9.09. The Morgan fingerprint density at radius 1 is 1.36 bits per heavy atom. The minimum atomic E-state index is 0.663. The number of pyridine rings is 1. The summed E-state index contributed by atoms with van der Waals surface area (Å²) in [6.07, 6.45) is 4.45. The predicted octanol–water partition coefficient (Wildman–Crippen LogP) is 2.72. The molecule has 2 atom stereocenters. The molecule has 1 aliphatic rings. The third-order valence-corrected chi connectivity index (χ3v) is 3.35. The zero-order chi connectivity index (χ0) is 7.68. The Kier molecular flexibility index (Phi) is 1.95. The summed E-state index contributed by atoms with van der Waals surface area (Å²) in [6.45, 7) is 0. The van der Waals surface area contributed by atoms with E-state index in [1.165, 1.54) is 18.5 Å². The topological polar surface area (TPSA) is 12.9 Å².